The average molecular weight is 174 g/mol. The third-order valence-electron chi connectivity index (χ3n) is 1.43. The molecule has 0 aliphatic carbocycles. The molecule has 0 aliphatic rings. The first-order valence-electron chi connectivity index (χ1n) is 4.32. The van der Waals surface area contributed by atoms with Crippen LogP contribution in [0.3, 0.4) is 0 Å². The Labute approximate surface area is 73.5 Å². The van der Waals surface area contributed by atoms with E-state index < -0.39 is 0 Å². The van der Waals surface area contributed by atoms with E-state index in [4.69, 9.17) is 10.5 Å². The number of likely N-dealkylation sites (N-methyl/N-ethyl adjacent to an activating group) is 1. The molecule has 4 nitrogen and oxygen atoms in total. The minimum absolute atomic E-state index is 0.346. The first-order chi connectivity index (χ1) is 5.72. The molecule has 0 fully saturated rings. The highest BCUT2D eigenvalue weighted by Crippen LogP contribution is 1.86. The molecule has 0 spiro atoms. The van der Waals surface area contributed by atoms with E-state index >= 15 is 0 Å². The van der Waals surface area contributed by atoms with E-state index in [0.29, 0.717) is 13.2 Å². The van der Waals surface area contributed by atoms with E-state index in [1.54, 1.807) is 0 Å². The number of amides is 1. The molecule has 4 heteroatoms. The number of primary amides is 1. The molecular weight excluding hydrogens is 156 g/mol. The summed E-state index contributed by atoms with van der Waals surface area (Å²) in [4.78, 5) is 10.8. The molecule has 0 aliphatic heterocycles. The highest BCUT2D eigenvalue weighted by Gasteiger charge is 2.12. The molecule has 72 valence electrons. The number of nitrogens with one attached hydrogen (secondary N) is 1. The summed E-state index contributed by atoms with van der Waals surface area (Å²) in [5, 5.41) is 2.94. The van der Waals surface area contributed by atoms with Gasteiger partial charge in [0.05, 0.1) is 6.61 Å². The standard InChI is InChI=1S/C8H18N2O2/c1-3-5-12-6-7(8(9)11)10-4-2/h7,10H,3-6H2,1-2H3,(H2,9,11). The summed E-state index contributed by atoms with van der Waals surface area (Å²) in [5.74, 6) is -0.354. The summed E-state index contributed by atoms with van der Waals surface area (Å²) in [5.41, 5.74) is 5.12. The largest absolute Gasteiger partial charge is 0.379 e. The lowest BCUT2D eigenvalue weighted by Crippen LogP contribution is -2.44. The van der Waals surface area contributed by atoms with Crippen LogP contribution < -0.4 is 11.1 Å². The van der Waals surface area contributed by atoms with Gasteiger partial charge in [-0.2, -0.15) is 0 Å². The Hall–Kier alpha value is -0.610. The minimum Gasteiger partial charge on any atom is -0.379 e. The molecule has 0 rings (SSSR count). The second-order valence-electron chi connectivity index (χ2n) is 2.59. The number of rotatable bonds is 7. The number of hydrogen-bond acceptors (Lipinski definition) is 3. The lowest BCUT2D eigenvalue weighted by Gasteiger charge is -2.13. The molecule has 0 radical (unpaired) electrons. The summed E-state index contributed by atoms with van der Waals surface area (Å²) in [6, 6.07) is -0.346. The number of hydrogen-bond donors (Lipinski definition) is 2. The first kappa shape index (κ1) is 11.4. The fourth-order valence-electron chi connectivity index (χ4n) is 0.834. The van der Waals surface area contributed by atoms with Crippen LogP contribution in [0.15, 0.2) is 0 Å². The summed E-state index contributed by atoms with van der Waals surface area (Å²) < 4.78 is 5.20. The zero-order valence-electron chi connectivity index (χ0n) is 7.80. The van der Waals surface area contributed by atoms with E-state index in [9.17, 15) is 4.79 Å². The van der Waals surface area contributed by atoms with Crippen LogP contribution >= 0.6 is 0 Å². The Bertz CT molecular complexity index is 128. The number of ether oxygens (including phenoxy) is 1. The SMILES string of the molecule is CCCOCC(NCC)C(N)=O. The molecular formula is C8H18N2O2. The van der Waals surface area contributed by atoms with Crippen molar-refractivity contribution in [3.05, 3.63) is 0 Å². The normalized spacial score (nSPS) is 12.8. The van der Waals surface area contributed by atoms with Crippen LogP contribution in [0.5, 0.6) is 0 Å². The molecule has 0 heterocycles. The smallest absolute Gasteiger partial charge is 0.236 e. The van der Waals surface area contributed by atoms with Crippen molar-refractivity contribution >= 4 is 5.91 Å². The van der Waals surface area contributed by atoms with Gasteiger partial charge in [0.2, 0.25) is 5.91 Å². The molecule has 3 N–H and O–H groups in total. The monoisotopic (exact) mass is 174 g/mol. The van der Waals surface area contributed by atoms with Gasteiger partial charge in [0.15, 0.2) is 0 Å². The Morgan fingerprint density at radius 2 is 2.25 bits per heavy atom. The molecule has 12 heavy (non-hydrogen) atoms. The van der Waals surface area contributed by atoms with Crippen LogP contribution in [-0.2, 0) is 9.53 Å². The quantitative estimate of drug-likeness (QED) is 0.529. The molecule has 0 saturated heterocycles. The first-order valence-corrected chi connectivity index (χ1v) is 4.32. The number of carbonyl (C=O) groups excluding carboxylic acids is 1. The molecule has 0 aromatic rings. The summed E-state index contributed by atoms with van der Waals surface area (Å²) in [6.07, 6.45) is 0.956. The van der Waals surface area contributed by atoms with Crippen LogP contribution in [0.25, 0.3) is 0 Å². The van der Waals surface area contributed by atoms with E-state index in [2.05, 4.69) is 5.32 Å². The van der Waals surface area contributed by atoms with Gasteiger partial charge in [-0.25, -0.2) is 0 Å². The highest BCUT2D eigenvalue weighted by atomic mass is 16.5. The molecule has 0 saturated carbocycles. The van der Waals surface area contributed by atoms with E-state index in [-0.39, 0.29) is 11.9 Å². The maximum Gasteiger partial charge on any atom is 0.236 e. The lowest BCUT2D eigenvalue weighted by atomic mass is 10.3. The lowest BCUT2D eigenvalue weighted by molar-refractivity contribution is -0.121. The predicted octanol–water partition coefficient (Wildman–Crippen LogP) is -0.124. The van der Waals surface area contributed by atoms with Gasteiger partial charge in [-0.05, 0) is 13.0 Å². The van der Waals surface area contributed by atoms with Gasteiger partial charge in [-0.3, -0.25) is 4.79 Å². The Kier molecular flexibility index (Phi) is 6.70. The average Bonchev–Trinajstić information content (AvgIpc) is 2.03. The summed E-state index contributed by atoms with van der Waals surface area (Å²) >= 11 is 0. The second kappa shape index (κ2) is 7.06. The van der Waals surface area contributed by atoms with Crippen LogP contribution in [-0.4, -0.2) is 31.7 Å². The van der Waals surface area contributed by atoms with Crippen LogP contribution in [0, 0.1) is 0 Å². The second-order valence-corrected chi connectivity index (χ2v) is 2.59. The third-order valence-corrected chi connectivity index (χ3v) is 1.43. The van der Waals surface area contributed by atoms with Gasteiger partial charge in [-0.1, -0.05) is 13.8 Å². The third kappa shape index (κ3) is 5.09. The molecule has 0 bridgehead atoms. The Morgan fingerprint density at radius 3 is 2.67 bits per heavy atom. The predicted molar refractivity (Wildman–Crippen MR) is 47.8 cm³/mol. The zero-order valence-corrected chi connectivity index (χ0v) is 7.80. The maximum absolute atomic E-state index is 10.8. The number of carbonyl (C=O) groups is 1. The molecule has 0 aromatic heterocycles. The van der Waals surface area contributed by atoms with Gasteiger partial charge >= 0.3 is 0 Å². The zero-order chi connectivity index (χ0) is 9.40. The maximum atomic E-state index is 10.8. The van der Waals surface area contributed by atoms with Gasteiger partial charge in [0.25, 0.3) is 0 Å². The van der Waals surface area contributed by atoms with Crippen LogP contribution in [0.4, 0.5) is 0 Å². The van der Waals surface area contributed by atoms with Gasteiger partial charge in [0, 0.05) is 6.61 Å². The van der Waals surface area contributed by atoms with Crippen molar-refractivity contribution < 1.29 is 9.53 Å². The highest BCUT2D eigenvalue weighted by molar-refractivity contribution is 5.79. The van der Waals surface area contributed by atoms with Crippen molar-refractivity contribution in [3.8, 4) is 0 Å². The van der Waals surface area contributed by atoms with Crippen molar-refractivity contribution in [1.82, 2.24) is 5.32 Å². The topological polar surface area (TPSA) is 64.3 Å². The van der Waals surface area contributed by atoms with Crippen molar-refractivity contribution in [2.75, 3.05) is 19.8 Å². The van der Waals surface area contributed by atoms with Crippen molar-refractivity contribution in [2.24, 2.45) is 5.73 Å². The summed E-state index contributed by atoms with van der Waals surface area (Å²) in [6.45, 7) is 5.72. The van der Waals surface area contributed by atoms with Crippen molar-refractivity contribution in [2.45, 2.75) is 26.3 Å². The molecule has 1 unspecified atom stereocenters. The van der Waals surface area contributed by atoms with Gasteiger partial charge in [0.1, 0.15) is 6.04 Å². The fourth-order valence-corrected chi connectivity index (χ4v) is 0.834. The van der Waals surface area contributed by atoms with E-state index in [1.165, 1.54) is 0 Å². The number of nitrogens with two attached hydrogens (primary N) is 1. The van der Waals surface area contributed by atoms with Crippen LogP contribution in [0.2, 0.25) is 0 Å². The molecule has 1 atom stereocenters. The Morgan fingerprint density at radius 1 is 1.58 bits per heavy atom. The van der Waals surface area contributed by atoms with E-state index in [1.807, 2.05) is 13.8 Å². The van der Waals surface area contributed by atoms with Gasteiger partial charge < -0.3 is 15.8 Å². The van der Waals surface area contributed by atoms with Crippen LogP contribution in [0.1, 0.15) is 20.3 Å². The van der Waals surface area contributed by atoms with E-state index in [0.717, 1.165) is 13.0 Å². The molecule has 0 aromatic carbocycles. The fraction of sp³-hybridized carbons (Fsp3) is 0.875. The van der Waals surface area contributed by atoms with Crippen molar-refractivity contribution in [3.63, 3.8) is 0 Å². The Balaban J connectivity index is 3.56. The van der Waals surface area contributed by atoms with Gasteiger partial charge in [-0.15, -0.1) is 0 Å². The molecule has 1 amide bonds. The summed E-state index contributed by atoms with van der Waals surface area (Å²) in [7, 11) is 0. The minimum atomic E-state index is -0.354. The van der Waals surface area contributed by atoms with Crippen molar-refractivity contribution in [1.29, 1.82) is 0 Å².